The molecule has 15 heavy (non-hydrogen) atoms. The number of para-hydroxylation sites is 1. The van der Waals surface area contributed by atoms with E-state index in [1.54, 1.807) is 0 Å². The van der Waals surface area contributed by atoms with E-state index < -0.39 is 6.10 Å². The molecule has 0 heterocycles. The van der Waals surface area contributed by atoms with Crippen molar-refractivity contribution in [3.05, 3.63) is 29.3 Å². The Morgan fingerprint density at radius 2 is 2.20 bits per heavy atom. The molecule has 0 saturated heterocycles. The lowest BCUT2D eigenvalue weighted by Crippen LogP contribution is -2.25. The molecule has 0 spiro atoms. The molecule has 2 N–H and O–H groups in total. The smallest absolute Gasteiger partial charge is 0.252 e. The van der Waals surface area contributed by atoms with Crippen molar-refractivity contribution in [3.8, 4) is 0 Å². The van der Waals surface area contributed by atoms with E-state index in [9.17, 15) is 4.79 Å². The van der Waals surface area contributed by atoms with Gasteiger partial charge in [0.15, 0.2) is 0 Å². The number of nitrogens with one attached hydrogen (secondary N) is 1. The molecule has 0 saturated carbocycles. The molecule has 0 aromatic heterocycles. The number of benzene rings is 1. The van der Waals surface area contributed by atoms with Crippen molar-refractivity contribution in [2.45, 2.75) is 33.3 Å². The van der Waals surface area contributed by atoms with Crippen LogP contribution in [0.3, 0.4) is 0 Å². The Balaban J connectivity index is 2.97. The predicted molar refractivity (Wildman–Crippen MR) is 60.9 cm³/mol. The second kappa shape index (κ2) is 4.94. The maximum absolute atomic E-state index is 11.4. The van der Waals surface area contributed by atoms with Crippen LogP contribution in [0.25, 0.3) is 0 Å². The number of carbonyl (C=O) groups is 1. The van der Waals surface area contributed by atoms with Crippen LogP contribution in [0.1, 0.15) is 25.0 Å². The third kappa shape index (κ3) is 2.80. The zero-order chi connectivity index (χ0) is 11.4. The molecule has 3 nitrogen and oxygen atoms in total. The van der Waals surface area contributed by atoms with Crippen LogP contribution in [0.4, 0.5) is 5.69 Å². The Hall–Kier alpha value is -1.35. The van der Waals surface area contributed by atoms with Gasteiger partial charge in [-0.15, -0.1) is 0 Å². The number of rotatable bonds is 3. The molecule has 1 rings (SSSR count). The Morgan fingerprint density at radius 1 is 1.53 bits per heavy atom. The van der Waals surface area contributed by atoms with Gasteiger partial charge in [0.05, 0.1) is 0 Å². The first-order valence-electron chi connectivity index (χ1n) is 5.13. The summed E-state index contributed by atoms with van der Waals surface area (Å²) in [7, 11) is 0. The van der Waals surface area contributed by atoms with Gasteiger partial charge in [-0.25, -0.2) is 0 Å². The number of amides is 1. The van der Waals surface area contributed by atoms with E-state index in [0.717, 1.165) is 23.2 Å². The zero-order valence-electron chi connectivity index (χ0n) is 9.37. The highest BCUT2D eigenvalue weighted by Crippen LogP contribution is 2.21. The monoisotopic (exact) mass is 207 g/mol. The molecule has 0 aliphatic rings. The highest BCUT2D eigenvalue weighted by Gasteiger charge is 2.12. The van der Waals surface area contributed by atoms with Gasteiger partial charge < -0.3 is 10.4 Å². The molecule has 0 radical (unpaired) electrons. The van der Waals surface area contributed by atoms with Gasteiger partial charge in [-0.05, 0) is 31.4 Å². The fourth-order valence-corrected chi connectivity index (χ4v) is 1.43. The first kappa shape index (κ1) is 11.7. The van der Waals surface area contributed by atoms with Crippen molar-refractivity contribution >= 4 is 11.6 Å². The zero-order valence-corrected chi connectivity index (χ0v) is 9.37. The van der Waals surface area contributed by atoms with Gasteiger partial charge in [0.2, 0.25) is 0 Å². The number of hydrogen-bond acceptors (Lipinski definition) is 2. The number of aryl methyl sites for hydroxylation is 2. The van der Waals surface area contributed by atoms with Crippen LogP contribution >= 0.6 is 0 Å². The Morgan fingerprint density at radius 3 is 2.73 bits per heavy atom. The standard InChI is InChI=1S/C12H17NO2/c1-4-10-7-5-6-8(2)11(10)13-12(15)9(3)14/h5-7,9,14H,4H2,1-3H3,(H,13,15). The summed E-state index contributed by atoms with van der Waals surface area (Å²) in [5.74, 6) is -0.362. The molecule has 0 aliphatic heterocycles. The normalized spacial score (nSPS) is 12.3. The minimum absolute atomic E-state index is 0.362. The summed E-state index contributed by atoms with van der Waals surface area (Å²) in [6.07, 6.45) is -0.119. The second-order valence-corrected chi connectivity index (χ2v) is 3.63. The van der Waals surface area contributed by atoms with E-state index >= 15 is 0 Å². The number of anilines is 1. The van der Waals surface area contributed by atoms with Gasteiger partial charge in [-0.1, -0.05) is 25.1 Å². The molecule has 1 atom stereocenters. The van der Waals surface area contributed by atoms with E-state index in [-0.39, 0.29) is 5.91 Å². The molecule has 1 aromatic rings. The molecule has 0 fully saturated rings. The van der Waals surface area contributed by atoms with Gasteiger partial charge >= 0.3 is 0 Å². The molecule has 1 aromatic carbocycles. The number of hydrogen-bond donors (Lipinski definition) is 2. The van der Waals surface area contributed by atoms with Crippen LogP contribution in [-0.2, 0) is 11.2 Å². The van der Waals surface area contributed by atoms with Crippen LogP contribution in [0.15, 0.2) is 18.2 Å². The van der Waals surface area contributed by atoms with Gasteiger partial charge in [-0.2, -0.15) is 0 Å². The first-order valence-corrected chi connectivity index (χ1v) is 5.13. The number of carbonyl (C=O) groups excluding carboxylic acids is 1. The van der Waals surface area contributed by atoms with Crippen molar-refractivity contribution in [1.82, 2.24) is 0 Å². The third-order valence-electron chi connectivity index (χ3n) is 2.37. The van der Waals surface area contributed by atoms with Crippen LogP contribution in [0.2, 0.25) is 0 Å². The maximum atomic E-state index is 11.4. The summed E-state index contributed by atoms with van der Waals surface area (Å²) in [5, 5.41) is 11.9. The molecule has 0 aliphatic carbocycles. The van der Waals surface area contributed by atoms with E-state index in [1.165, 1.54) is 6.92 Å². The lowest BCUT2D eigenvalue weighted by atomic mass is 10.1. The van der Waals surface area contributed by atoms with Crippen molar-refractivity contribution in [3.63, 3.8) is 0 Å². The fraction of sp³-hybridized carbons (Fsp3) is 0.417. The second-order valence-electron chi connectivity index (χ2n) is 3.63. The van der Waals surface area contributed by atoms with Crippen LogP contribution in [0, 0.1) is 6.92 Å². The first-order chi connectivity index (χ1) is 7.06. The third-order valence-corrected chi connectivity index (χ3v) is 2.37. The lowest BCUT2D eigenvalue weighted by Gasteiger charge is -2.13. The van der Waals surface area contributed by atoms with Gasteiger partial charge in [-0.3, -0.25) is 4.79 Å². The van der Waals surface area contributed by atoms with E-state index in [1.807, 2.05) is 32.0 Å². The van der Waals surface area contributed by atoms with Gasteiger partial charge in [0, 0.05) is 5.69 Å². The summed E-state index contributed by atoms with van der Waals surface area (Å²) < 4.78 is 0. The largest absolute Gasteiger partial charge is 0.384 e. The quantitative estimate of drug-likeness (QED) is 0.795. The number of aliphatic hydroxyl groups excluding tert-OH is 1. The summed E-state index contributed by atoms with van der Waals surface area (Å²) in [4.78, 5) is 11.4. The van der Waals surface area contributed by atoms with Crippen LogP contribution < -0.4 is 5.32 Å². The molecule has 3 heteroatoms. The van der Waals surface area contributed by atoms with Crippen molar-refractivity contribution in [1.29, 1.82) is 0 Å². The SMILES string of the molecule is CCc1cccc(C)c1NC(=O)C(C)O. The van der Waals surface area contributed by atoms with Crippen LogP contribution in [-0.4, -0.2) is 17.1 Å². The van der Waals surface area contributed by atoms with Crippen LogP contribution in [0.5, 0.6) is 0 Å². The average molecular weight is 207 g/mol. The maximum Gasteiger partial charge on any atom is 0.252 e. The predicted octanol–water partition coefficient (Wildman–Crippen LogP) is 1.88. The highest BCUT2D eigenvalue weighted by molar-refractivity contribution is 5.95. The van der Waals surface area contributed by atoms with E-state index in [4.69, 9.17) is 5.11 Å². The summed E-state index contributed by atoms with van der Waals surface area (Å²) in [5.41, 5.74) is 2.93. The lowest BCUT2D eigenvalue weighted by molar-refractivity contribution is -0.123. The Bertz CT molecular complexity index is 359. The van der Waals surface area contributed by atoms with E-state index in [2.05, 4.69) is 5.32 Å². The Kier molecular flexibility index (Phi) is 3.86. The van der Waals surface area contributed by atoms with Gasteiger partial charge in [0.25, 0.3) is 5.91 Å². The molecule has 82 valence electrons. The minimum atomic E-state index is -0.977. The van der Waals surface area contributed by atoms with Crippen molar-refractivity contribution in [2.24, 2.45) is 0 Å². The average Bonchev–Trinajstić information content (AvgIpc) is 2.20. The summed E-state index contributed by atoms with van der Waals surface area (Å²) >= 11 is 0. The minimum Gasteiger partial charge on any atom is -0.384 e. The fourth-order valence-electron chi connectivity index (χ4n) is 1.43. The van der Waals surface area contributed by atoms with Crippen molar-refractivity contribution in [2.75, 3.05) is 5.32 Å². The van der Waals surface area contributed by atoms with Gasteiger partial charge in [0.1, 0.15) is 6.10 Å². The Labute approximate surface area is 90.1 Å². The highest BCUT2D eigenvalue weighted by atomic mass is 16.3. The van der Waals surface area contributed by atoms with Crippen molar-refractivity contribution < 1.29 is 9.90 Å². The van der Waals surface area contributed by atoms with E-state index in [0.29, 0.717) is 0 Å². The molecular formula is C12H17NO2. The molecule has 0 bridgehead atoms. The summed E-state index contributed by atoms with van der Waals surface area (Å²) in [6, 6.07) is 5.88. The molecule has 1 amide bonds. The molecular weight excluding hydrogens is 190 g/mol. The topological polar surface area (TPSA) is 49.3 Å². The number of aliphatic hydroxyl groups is 1. The summed E-state index contributed by atoms with van der Waals surface area (Å²) in [6.45, 7) is 5.43. The molecule has 1 unspecified atom stereocenters.